The highest BCUT2D eigenvalue weighted by molar-refractivity contribution is 5.95. The van der Waals surface area contributed by atoms with Crippen LogP contribution in [0.3, 0.4) is 0 Å². The van der Waals surface area contributed by atoms with Crippen molar-refractivity contribution in [2.75, 3.05) is 7.11 Å². The van der Waals surface area contributed by atoms with Crippen molar-refractivity contribution in [1.82, 2.24) is 24.6 Å². The number of aryl methyl sites for hydroxylation is 2. The summed E-state index contributed by atoms with van der Waals surface area (Å²) in [5, 5.41) is 7.21. The summed E-state index contributed by atoms with van der Waals surface area (Å²) < 4.78 is 8.79. The first kappa shape index (κ1) is 16.8. The molecule has 1 amide bonds. The molecule has 2 aromatic heterocycles. The number of ether oxygens (including phenoxy) is 1. The largest absolute Gasteiger partial charge is 0.497 e. The summed E-state index contributed by atoms with van der Waals surface area (Å²) in [6.45, 7) is 1.87. The van der Waals surface area contributed by atoms with Crippen molar-refractivity contribution in [2.45, 2.75) is 13.0 Å². The van der Waals surface area contributed by atoms with Crippen LogP contribution in [0.15, 0.2) is 42.9 Å². The Morgan fingerprint density at radius 3 is 2.48 bits per heavy atom. The van der Waals surface area contributed by atoms with Crippen molar-refractivity contribution in [3.05, 3.63) is 65.5 Å². The standard InChI is InChI=1S/C18H21N5O2/c1-12-15(11-20-23(12)3)18(24)21-16(17-19-9-10-22(17)2)13-5-7-14(25-4)8-6-13/h5-11,16H,1-4H3,(H,21,24). The smallest absolute Gasteiger partial charge is 0.255 e. The van der Waals surface area contributed by atoms with Crippen LogP contribution in [0.5, 0.6) is 5.75 Å². The number of carbonyl (C=O) groups excluding carboxylic acids is 1. The van der Waals surface area contributed by atoms with Crippen molar-refractivity contribution in [1.29, 1.82) is 0 Å². The lowest BCUT2D eigenvalue weighted by Gasteiger charge is -2.19. The van der Waals surface area contributed by atoms with E-state index in [0.29, 0.717) is 5.56 Å². The first-order valence-corrected chi connectivity index (χ1v) is 7.92. The summed E-state index contributed by atoms with van der Waals surface area (Å²) in [5.41, 5.74) is 2.28. The SMILES string of the molecule is COc1ccc(C(NC(=O)c2cnn(C)c2C)c2nccn2C)cc1. The molecule has 0 bridgehead atoms. The van der Waals surface area contributed by atoms with Crippen LogP contribution in [0.1, 0.15) is 33.5 Å². The molecule has 0 aliphatic rings. The molecule has 1 aromatic carbocycles. The predicted molar refractivity (Wildman–Crippen MR) is 93.5 cm³/mol. The second-order valence-electron chi connectivity index (χ2n) is 5.84. The maximum Gasteiger partial charge on any atom is 0.255 e. The molecule has 0 aliphatic heterocycles. The molecule has 0 spiro atoms. The lowest BCUT2D eigenvalue weighted by Crippen LogP contribution is -2.31. The summed E-state index contributed by atoms with van der Waals surface area (Å²) in [6.07, 6.45) is 5.15. The fourth-order valence-corrected chi connectivity index (χ4v) is 2.68. The number of carbonyl (C=O) groups is 1. The number of methoxy groups -OCH3 is 1. The van der Waals surface area contributed by atoms with Crippen LogP contribution in [0.4, 0.5) is 0 Å². The monoisotopic (exact) mass is 339 g/mol. The van der Waals surface area contributed by atoms with Gasteiger partial charge in [0, 0.05) is 32.2 Å². The van der Waals surface area contributed by atoms with Gasteiger partial charge < -0.3 is 14.6 Å². The van der Waals surface area contributed by atoms with E-state index in [1.807, 2.05) is 56.0 Å². The van der Waals surface area contributed by atoms with Crippen LogP contribution in [0.2, 0.25) is 0 Å². The summed E-state index contributed by atoms with van der Waals surface area (Å²) in [4.78, 5) is 17.2. The Morgan fingerprint density at radius 2 is 1.96 bits per heavy atom. The van der Waals surface area contributed by atoms with Gasteiger partial charge in [-0.05, 0) is 24.6 Å². The second-order valence-corrected chi connectivity index (χ2v) is 5.84. The number of aromatic nitrogens is 4. The van der Waals surface area contributed by atoms with Crippen LogP contribution in [0.25, 0.3) is 0 Å². The van der Waals surface area contributed by atoms with Crippen LogP contribution < -0.4 is 10.1 Å². The topological polar surface area (TPSA) is 74.0 Å². The maximum absolute atomic E-state index is 12.8. The Balaban J connectivity index is 1.95. The number of benzene rings is 1. The van der Waals surface area contributed by atoms with E-state index < -0.39 is 0 Å². The van der Waals surface area contributed by atoms with Gasteiger partial charge in [0.25, 0.3) is 5.91 Å². The van der Waals surface area contributed by atoms with Crippen molar-refractivity contribution in [3.8, 4) is 5.75 Å². The molecule has 3 aromatic rings. The van der Waals surface area contributed by atoms with Crippen LogP contribution in [-0.4, -0.2) is 32.3 Å². The van der Waals surface area contributed by atoms with Gasteiger partial charge in [-0.1, -0.05) is 12.1 Å². The van der Waals surface area contributed by atoms with E-state index in [4.69, 9.17) is 4.74 Å². The first-order valence-electron chi connectivity index (χ1n) is 7.92. The van der Waals surface area contributed by atoms with Gasteiger partial charge in [0.2, 0.25) is 0 Å². The molecular weight excluding hydrogens is 318 g/mol. The lowest BCUT2D eigenvalue weighted by atomic mass is 10.1. The molecule has 25 heavy (non-hydrogen) atoms. The Bertz CT molecular complexity index is 879. The van der Waals surface area contributed by atoms with Gasteiger partial charge in [-0.2, -0.15) is 5.10 Å². The molecule has 1 unspecified atom stereocenters. The van der Waals surface area contributed by atoms with E-state index in [2.05, 4.69) is 15.4 Å². The van der Waals surface area contributed by atoms with Gasteiger partial charge in [0.05, 0.1) is 18.9 Å². The molecule has 7 nitrogen and oxygen atoms in total. The molecule has 0 radical (unpaired) electrons. The second kappa shape index (κ2) is 6.80. The van der Waals surface area contributed by atoms with E-state index in [1.165, 1.54) is 0 Å². The predicted octanol–water partition coefficient (Wildman–Crippen LogP) is 1.99. The van der Waals surface area contributed by atoms with Crippen LogP contribution in [0, 0.1) is 6.92 Å². The normalized spacial score (nSPS) is 12.0. The average Bonchev–Trinajstić information content (AvgIpc) is 3.19. The molecule has 0 saturated carbocycles. The Morgan fingerprint density at radius 1 is 1.24 bits per heavy atom. The fourth-order valence-electron chi connectivity index (χ4n) is 2.68. The van der Waals surface area contributed by atoms with Gasteiger partial charge in [-0.3, -0.25) is 9.48 Å². The fraction of sp³-hybridized carbons (Fsp3) is 0.278. The molecule has 130 valence electrons. The number of nitrogens with one attached hydrogen (secondary N) is 1. The molecule has 3 rings (SSSR count). The number of rotatable bonds is 5. The Hall–Kier alpha value is -3.09. The zero-order valence-corrected chi connectivity index (χ0v) is 14.7. The van der Waals surface area contributed by atoms with Crippen molar-refractivity contribution >= 4 is 5.91 Å². The number of imidazole rings is 1. The van der Waals surface area contributed by atoms with E-state index in [0.717, 1.165) is 22.8 Å². The third-order valence-electron chi connectivity index (χ3n) is 4.32. The van der Waals surface area contributed by atoms with E-state index in [9.17, 15) is 4.79 Å². The quantitative estimate of drug-likeness (QED) is 0.771. The molecule has 0 aliphatic carbocycles. The van der Waals surface area contributed by atoms with E-state index >= 15 is 0 Å². The summed E-state index contributed by atoms with van der Waals surface area (Å²) in [5.74, 6) is 1.33. The number of hydrogen-bond acceptors (Lipinski definition) is 4. The van der Waals surface area contributed by atoms with Crippen LogP contribution in [-0.2, 0) is 14.1 Å². The van der Waals surface area contributed by atoms with Gasteiger partial charge in [-0.25, -0.2) is 4.98 Å². The molecule has 2 heterocycles. The van der Waals surface area contributed by atoms with Gasteiger partial charge in [-0.15, -0.1) is 0 Å². The minimum atomic E-state index is -0.377. The molecule has 7 heteroatoms. The van der Waals surface area contributed by atoms with Crippen molar-refractivity contribution in [3.63, 3.8) is 0 Å². The summed E-state index contributed by atoms with van der Waals surface area (Å²) in [6, 6.07) is 7.21. The molecule has 1 atom stereocenters. The summed E-state index contributed by atoms with van der Waals surface area (Å²) >= 11 is 0. The van der Waals surface area contributed by atoms with Gasteiger partial charge >= 0.3 is 0 Å². The average molecular weight is 339 g/mol. The highest BCUT2D eigenvalue weighted by Crippen LogP contribution is 2.23. The first-order chi connectivity index (χ1) is 12.0. The lowest BCUT2D eigenvalue weighted by molar-refractivity contribution is 0.0940. The minimum Gasteiger partial charge on any atom is -0.497 e. The zero-order valence-electron chi connectivity index (χ0n) is 14.7. The number of hydrogen-bond donors (Lipinski definition) is 1. The number of nitrogens with zero attached hydrogens (tertiary/aromatic N) is 4. The number of amides is 1. The van der Waals surface area contributed by atoms with E-state index in [1.54, 1.807) is 24.2 Å². The third-order valence-corrected chi connectivity index (χ3v) is 4.32. The van der Waals surface area contributed by atoms with Crippen molar-refractivity contribution < 1.29 is 9.53 Å². The molecule has 1 N–H and O–H groups in total. The third kappa shape index (κ3) is 3.26. The molecule has 0 fully saturated rings. The van der Waals surface area contributed by atoms with Crippen molar-refractivity contribution in [2.24, 2.45) is 14.1 Å². The zero-order chi connectivity index (χ0) is 18.0. The molecular formula is C18H21N5O2. The Kier molecular flexibility index (Phi) is 4.56. The van der Waals surface area contributed by atoms with Crippen LogP contribution >= 0.6 is 0 Å². The Labute approximate surface area is 146 Å². The molecule has 0 saturated heterocycles. The van der Waals surface area contributed by atoms with Gasteiger partial charge in [0.15, 0.2) is 0 Å². The summed E-state index contributed by atoms with van der Waals surface area (Å²) in [7, 11) is 5.34. The van der Waals surface area contributed by atoms with E-state index in [-0.39, 0.29) is 11.9 Å². The maximum atomic E-state index is 12.8. The minimum absolute atomic E-state index is 0.186. The highest BCUT2D eigenvalue weighted by atomic mass is 16.5. The highest BCUT2D eigenvalue weighted by Gasteiger charge is 2.23. The van der Waals surface area contributed by atoms with Gasteiger partial charge in [0.1, 0.15) is 17.6 Å².